The predicted molar refractivity (Wildman–Crippen MR) is 41.6 cm³/mol. The summed E-state index contributed by atoms with van der Waals surface area (Å²) in [4.78, 5) is 32.6. The number of amides is 2. The van der Waals surface area contributed by atoms with Gasteiger partial charge in [-0.2, -0.15) is 0 Å². The van der Waals surface area contributed by atoms with Crippen molar-refractivity contribution in [3.05, 3.63) is 0 Å². The minimum absolute atomic E-state index is 0.0312. The molecule has 0 saturated carbocycles. The molecular formula is C7H10N2O4. The summed E-state index contributed by atoms with van der Waals surface area (Å²) < 4.78 is 4.37. The van der Waals surface area contributed by atoms with Crippen LogP contribution in [-0.4, -0.2) is 37.5 Å². The lowest BCUT2D eigenvalue weighted by Gasteiger charge is -2.21. The number of nitrogens with one attached hydrogen (secondary N) is 2. The smallest absolute Gasteiger partial charge is 0.308 e. The second-order valence-electron chi connectivity index (χ2n) is 2.62. The van der Waals surface area contributed by atoms with Gasteiger partial charge in [0.15, 0.2) is 0 Å². The van der Waals surface area contributed by atoms with E-state index in [1.165, 1.54) is 7.11 Å². The van der Waals surface area contributed by atoms with Crippen molar-refractivity contribution in [2.75, 3.05) is 13.7 Å². The largest absolute Gasteiger partial charge is 0.469 e. The first-order valence-corrected chi connectivity index (χ1v) is 3.77. The van der Waals surface area contributed by atoms with Gasteiger partial charge in [0, 0.05) is 0 Å². The van der Waals surface area contributed by atoms with Gasteiger partial charge >= 0.3 is 5.97 Å². The Bertz CT molecular complexity index is 251. The summed E-state index contributed by atoms with van der Waals surface area (Å²) in [7, 11) is 1.23. The molecule has 1 heterocycles. The number of rotatable bonds is 2. The molecule has 1 saturated heterocycles. The molecule has 2 N–H and O–H groups in total. The van der Waals surface area contributed by atoms with Crippen molar-refractivity contribution in [1.29, 1.82) is 0 Å². The lowest BCUT2D eigenvalue weighted by molar-refractivity contribution is -0.144. The van der Waals surface area contributed by atoms with Gasteiger partial charge in [0.25, 0.3) is 0 Å². The number of hydrogen-bond donors (Lipinski definition) is 2. The highest BCUT2D eigenvalue weighted by atomic mass is 16.5. The molecule has 0 bridgehead atoms. The zero-order valence-corrected chi connectivity index (χ0v) is 7.12. The van der Waals surface area contributed by atoms with Gasteiger partial charge in [-0.05, 0) is 0 Å². The molecule has 2 amide bonds. The SMILES string of the molecule is COC(=O)CC1NC(=O)CNC1=O. The summed E-state index contributed by atoms with van der Waals surface area (Å²) in [6.45, 7) is -0.0312. The zero-order valence-electron chi connectivity index (χ0n) is 7.12. The van der Waals surface area contributed by atoms with Gasteiger partial charge in [0.2, 0.25) is 11.8 Å². The van der Waals surface area contributed by atoms with Gasteiger partial charge in [0.1, 0.15) is 6.04 Å². The Kier molecular flexibility index (Phi) is 2.84. The van der Waals surface area contributed by atoms with Crippen molar-refractivity contribution in [3.63, 3.8) is 0 Å². The normalized spacial score (nSPS) is 21.8. The van der Waals surface area contributed by atoms with E-state index in [-0.39, 0.29) is 24.8 Å². The van der Waals surface area contributed by atoms with E-state index in [1.807, 2.05) is 0 Å². The van der Waals surface area contributed by atoms with Crippen molar-refractivity contribution in [1.82, 2.24) is 10.6 Å². The third-order valence-electron chi connectivity index (χ3n) is 1.67. The zero-order chi connectivity index (χ0) is 9.84. The Morgan fingerprint density at radius 1 is 1.62 bits per heavy atom. The van der Waals surface area contributed by atoms with Crippen molar-refractivity contribution in [3.8, 4) is 0 Å². The Labute approximate surface area is 74.6 Å². The van der Waals surface area contributed by atoms with Gasteiger partial charge in [-0.1, -0.05) is 0 Å². The van der Waals surface area contributed by atoms with Crippen LogP contribution in [0, 0.1) is 0 Å². The minimum Gasteiger partial charge on any atom is -0.469 e. The second kappa shape index (κ2) is 3.88. The van der Waals surface area contributed by atoms with E-state index >= 15 is 0 Å². The van der Waals surface area contributed by atoms with Crippen LogP contribution in [0.1, 0.15) is 6.42 Å². The van der Waals surface area contributed by atoms with Crippen LogP contribution in [0.2, 0.25) is 0 Å². The minimum atomic E-state index is -0.798. The van der Waals surface area contributed by atoms with Gasteiger partial charge in [-0.25, -0.2) is 0 Å². The molecule has 1 fully saturated rings. The monoisotopic (exact) mass is 186 g/mol. The highest BCUT2D eigenvalue weighted by Crippen LogP contribution is 1.97. The van der Waals surface area contributed by atoms with Crippen LogP contribution < -0.4 is 10.6 Å². The number of hydrogen-bond acceptors (Lipinski definition) is 4. The molecular weight excluding hydrogens is 176 g/mol. The maximum atomic E-state index is 11.1. The van der Waals surface area contributed by atoms with Crippen LogP contribution in [-0.2, 0) is 19.1 Å². The van der Waals surface area contributed by atoms with Crippen LogP contribution in [0.3, 0.4) is 0 Å². The van der Waals surface area contributed by atoms with E-state index in [0.29, 0.717) is 0 Å². The van der Waals surface area contributed by atoms with Crippen LogP contribution in [0.25, 0.3) is 0 Å². The first-order chi connectivity index (χ1) is 6.13. The van der Waals surface area contributed by atoms with Crippen LogP contribution in [0.15, 0.2) is 0 Å². The number of carbonyl (C=O) groups excluding carboxylic acids is 3. The maximum absolute atomic E-state index is 11.1. The first-order valence-electron chi connectivity index (χ1n) is 3.77. The van der Waals surface area contributed by atoms with Crippen molar-refractivity contribution < 1.29 is 19.1 Å². The molecule has 0 aromatic carbocycles. The van der Waals surface area contributed by atoms with Gasteiger partial charge in [0.05, 0.1) is 20.1 Å². The molecule has 0 spiro atoms. The molecule has 72 valence electrons. The van der Waals surface area contributed by atoms with Gasteiger partial charge in [-0.3, -0.25) is 14.4 Å². The molecule has 0 aromatic heterocycles. The summed E-state index contributed by atoms with van der Waals surface area (Å²) >= 11 is 0. The summed E-state index contributed by atoms with van der Waals surface area (Å²) in [6, 6.07) is -0.798. The molecule has 13 heavy (non-hydrogen) atoms. The highest BCUT2D eigenvalue weighted by molar-refractivity contribution is 5.96. The number of methoxy groups -OCH3 is 1. The number of piperazine rings is 1. The molecule has 1 aliphatic rings. The lowest BCUT2D eigenvalue weighted by Crippen LogP contribution is -2.56. The van der Waals surface area contributed by atoms with Gasteiger partial charge < -0.3 is 15.4 Å². The quantitative estimate of drug-likeness (QED) is 0.496. The molecule has 0 radical (unpaired) electrons. The molecule has 0 aliphatic carbocycles. The molecule has 1 rings (SSSR count). The van der Waals surface area contributed by atoms with Crippen LogP contribution in [0.4, 0.5) is 0 Å². The van der Waals surface area contributed by atoms with E-state index in [1.54, 1.807) is 0 Å². The van der Waals surface area contributed by atoms with E-state index < -0.39 is 12.0 Å². The van der Waals surface area contributed by atoms with Crippen molar-refractivity contribution in [2.24, 2.45) is 0 Å². The topological polar surface area (TPSA) is 84.5 Å². The second-order valence-corrected chi connectivity index (χ2v) is 2.62. The third kappa shape index (κ3) is 2.43. The summed E-state index contributed by atoms with van der Waals surface area (Å²) in [6.07, 6.45) is -0.131. The standard InChI is InChI=1S/C7H10N2O4/c1-13-6(11)2-4-7(12)8-3-5(10)9-4/h4H,2-3H2,1H3,(H,8,12)(H,9,10). The fraction of sp³-hybridized carbons (Fsp3) is 0.571. The number of ether oxygens (including phenoxy) is 1. The average molecular weight is 186 g/mol. The van der Waals surface area contributed by atoms with Crippen LogP contribution >= 0.6 is 0 Å². The van der Waals surface area contributed by atoms with Crippen LogP contribution in [0.5, 0.6) is 0 Å². The summed E-state index contributed by atoms with van der Waals surface area (Å²) in [5.41, 5.74) is 0. The Balaban J connectivity index is 2.51. The Hall–Kier alpha value is -1.59. The summed E-state index contributed by atoms with van der Waals surface area (Å²) in [5, 5.41) is 4.73. The lowest BCUT2D eigenvalue weighted by atomic mass is 10.1. The van der Waals surface area contributed by atoms with E-state index in [2.05, 4.69) is 15.4 Å². The fourth-order valence-corrected chi connectivity index (χ4v) is 0.995. The average Bonchev–Trinajstić information content (AvgIpc) is 2.11. The van der Waals surface area contributed by atoms with Crippen molar-refractivity contribution in [2.45, 2.75) is 12.5 Å². The van der Waals surface area contributed by atoms with E-state index in [9.17, 15) is 14.4 Å². The third-order valence-corrected chi connectivity index (χ3v) is 1.67. The molecule has 1 aliphatic heterocycles. The first kappa shape index (κ1) is 9.50. The highest BCUT2D eigenvalue weighted by Gasteiger charge is 2.28. The Morgan fingerprint density at radius 2 is 2.31 bits per heavy atom. The molecule has 1 atom stereocenters. The fourth-order valence-electron chi connectivity index (χ4n) is 0.995. The maximum Gasteiger partial charge on any atom is 0.308 e. The Morgan fingerprint density at radius 3 is 2.92 bits per heavy atom. The molecule has 6 nitrogen and oxygen atoms in total. The van der Waals surface area contributed by atoms with E-state index in [4.69, 9.17) is 0 Å². The molecule has 6 heteroatoms. The molecule has 1 unspecified atom stereocenters. The number of esters is 1. The van der Waals surface area contributed by atoms with Gasteiger partial charge in [-0.15, -0.1) is 0 Å². The molecule has 0 aromatic rings. The number of carbonyl (C=O) groups is 3. The summed E-state index contributed by atoms with van der Waals surface area (Å²) in [5.74, 6) is -1.18. The van der Waals surface area contributed by atoms with E-state index in [0.717, 1.165) is 0 Å². The van der Waals surface area contributed by atoms with Crippen molar-refractivity contribution >= 4 is 17.8 Å². The predicted octanol–water partition coefficient (Wildman–Crippen LogP) is -1.84.